The van der Waals surface area contributed by atoms with Crippen LogP contribution in [-0.2, 0) is 43.0 Å². The van der Waals surface area contributed by atoms with Crippen molar-refractivity contribution in [2.45, 2.75) is 77.5 Å². The highest BCUT2D eigenvalue weighted by atomic mass is 16.6. The Hall–Kier alpha value is -2.90. The molecule has 0 saturated carbocycles. The first kappa shape index (κ1) is 32.3. The molecule has 2 fully saturated rings. The molecule has 2 saturated heterocycles. The molecule has 0 N–H and O–H groups in total. The summed E-state index contributed by atoms with van der Waals surface area (Å²) in [5.74, 6) is -3.47. The Labute approximate surface area is 229 Å². The number of piperazine rings is 2. The number of nitrogens with zero attached hydrogens (tertiary/aromatic N) is 4. The van der Waals surface area contributed by atoms with E-state index in [0.29, 0.717) is 0 Å². The molecular weight excluding hydrogens is 512 g/mol. The molecule has 2 rings (SSSR count). The third kappa shape index (κ3) is 6.15. The lowest BCUT2D eigenvalue weighted by Gasteiger charge is -2.51. The molecule has 0 aliphatic carbocycles. The highest BCUT2D eigenvalue weighted by Gasteiger charge is 2.55. The average Bonchev–Trinajstić information content (AvgIpc) is 2.85. The molecule has 39 heavy (non-hydrogen) atoms. The summed E-state index contributed by atoms with van der Waals surface area (Å²) >= 11 is 0. The molecule has 220 valence electrons. The van der Waals surface area contributed by atoms with Crippen molar-refractivity contribution in [3.05, 3.63) is 0 Å². The van der Waals surface area contributed by atoms with Crippen LogP contribution in [0.5, 0.6) is 0 Å². The van der Waals surface area contributed by atoms with Gasteiger partial charge in [-0.25, -0.2) is 0 Å². The van der Waals surface area contributed by atoms with Crippen LogP contribution in [0.2, 0.25) is 0 Å². The van der Waals surface area contributed by atoms with Gasteiger partial charge in [-0.15, -0.1) is 0 Å². The molecule has 0 spiro atoms. The largest absolute Gasteiger partial charge is 0.462 e. The van der Waals surface area contributed by atoms with Gasteiger partial charge in [-0.05, 0) is 69.5 Å². The third-order valence-electron chi connectivity index (χ3n) is 7.98. The number of imide groups is 2. The van der Waals surface area contributed by atoms with Crippen LogP contribution >= 0.6 is 0 Å². The van der Waals surface area contributed by atoms with Gasteiger partial charge < -0.3 is 14.2 Å². The van der Waals surface area contributed by atoms with Gasteiger partial charge in [0, 0.05) is 0 Å². The Bertz CT molecular complexity index is 898. The molecule has 2 aliphatic heterocycles. The molecule has 13 heteroatoms. The minimum Gasteiger partial charge on any atom is -0.462 e. The zero-order valence-electron chi connectivity index (χ0n) is 24.7. The van der Waals surface area contributed by atoms with E-state index in [1.54, 1.807) is 79.3 Å². The lowest BCUT2D eigenvalue weighted by Crippen LogP contribution is -2.73. The molecule has 0 unspecified atom stereocenters. The van der Waals surface area contributed by atoms with E-state index in [4.69, 9.17) is 14.2 Å². The predicted molar refractivity (Wildman–Crippen MR) is 138 cm³/mol. The van der Waals surface area contributed by atoms with Gasteiger partial charge in [-0.2, -0.15) is 0 Å². The number of ether oxygens (including phenoxy) is 3. The highest BCUT2D eigenvalue weighted by Crippen LogP contribution is 2.33. The topological polar surface area (TPSA) is 143 Å². The summed E-state index contributed by atoms with van der Waals surface area (Å²) in [6, 6.07) is 0. The van der Waals surface area contributed by atoms with E-state index in [9.17, 15) is 28.8 Å². The van der Waals surface area contributed by atoms with E-state index in [1.807, 2.05) is 0 Å². The van der Waals surface area contributed by atoms with Gasteiger partial charge in [0.05, 0.1) is 35.4 Å². The second kappa shape index (κ2) is 11.3. The standard InChI is InChI=1S/C26H42N4O9/c1-23(2)19(33)29(20(34)24(3,4)27(23)9)15-17(31)38-13-11-37-12-14-39-18(32)16-30-21(35)25(5,6)28(10)26(7,8)22(30)36/h11-16H2,1-10H3. The zero-order valence-corrected chi connectivity index (χ0v) is 24.7. The monoisotopic (exact) mass is 554 g/mol. The third-order valence-corrected chi connectivity index (χ3v) is 7.98. The molecule has 13 nitrogen and oxygen atoms in total. The van der Waals surface area contributed by atoms with Crippen LogP contribution in [0.15, 0.2) is 0 Å². The number of rotatable bonds is 10. The average molecular weight is 555 g/mol. The Morgan fingerprint density at radius 1 is 0.538 bits per heavy atom. The second-order valence-electron chi connectivity index (χ2n) is 11.8. The summed E-state index contributed by atoms with van der Waals surface area (Å²) in [6.45, 7) is 12.2. The summed E-state index contributed by atoms with van der Waals surface area (Å²) in [7, 11) is 3.37. The first-order valence-corrected chi connectivity index (χ1v) is 12.8. The first-order valence-electron chi connectivity index (χ1n) is 12.8. The SMILES string of the molecule is CN1C(C)(C)C(=O)N(CC(=O)OCCOCCOC(=O)CN2C(=O)C(C)(C)N(C)C(C)(C)C2=O)C(=O)C1(C)C. The van der Waals surface area contributed by atoms with Crippen molar-refractivity contribution < 1.29 is 43.0 Å². The number of amides is 4. The van der Waals surface area contributed by atoms with Crippen molar-refractivity contribution in [2.24, 2.45) is 0 Å². The molecule has 0 bridgehead atoms. The van der Waals surface area contributed by atoms with Crippen molar-refractivity contribution in [2.75, 3.05) is 53.6 Å². The molecular formula is C26H42N4O9. The molecule has 0 aromatic rings. The minimum absolute atomic E-state index is 0.0112. The van der Waals surface area contributed by atoms with E-state index in [2.05, 4.69) is 0 Å². The van der Waals surface area contributed by atoms with Crippen LogP contribution < -0.4 is 0 Å². The summed E-state index contributed by atoms with van der Waals surface area (Å²) in [5, 5.41) is 0. The minimum atomic E-state index is -0.977. The van der Waals surface area contributed by atoms with Crippen LogP contribution in [0.1, 0.15) is 55.4 Å². The van der Waals surface area contributed by atoms with E-state index < -0.39 is 70.8 Å². The van der Waals surface area contributed by atoms with E-state index in [1.165, 1.54) is 0 Å². The van der Waals surface area contributed by atoms with Crippen molar-refractivity contribution in [1.29, 1.82) is 0 Å². The van der Waals surface area contributed by atoms with Crippen molar-refractivity contribution in [3.63, 3.8) is 0 Å². The molecule has 4 amide bonds. The molecule has 2 aliphatic rings. The second-order valence-corrected chi connectivity index (χ2v) is 11.8. The van der Waals surface area contributed by atoms with E-state index in [0.717, 1.165) is 9.80 Å². The van der Waals surface area contributed by atoms with Crippen LogP contribution in [-0.4, -0.2) is 131 Å². The van der Waals surface area contributed by atoms with Gasteiger partial charge in [-0.1, -0.05) is 0 Å². The van der Waals surface area contributed by atoms with Crippen LogP contribution in [0.4, 0.5) is 0 Å². The molecule has 0 aromatic carbocycles. The molecule has 0 radical (unpaired) electrons. The van der Waals surface area contributed by atoms with Gasteiger partial charge >= 0.3 is 11.9 Å². The van der Waals surface area contributed by atoms with Gasteiger partial charge in [-0.3, -0.25) is 48.4 Å². The van der Waals surface area contributed by atoms with Crippen LogP contribution in [0.25, 0.3) is 0 Å². The number of carbonyl (C=O) groups excluding carboxylic acids is 6. The normalized spacial score (nSPS) is 22.7. The van der Waals surface area contributed by atoms with Crippen molar-refractivity contribution >= 4 is 35.6 Å². The fraction of sp³-hybridized carbons (Fsp3) is 0.769. The summed E-state index contributed by atoms with van der Waals surface area (Å²) < 4.78 is 15.5. The lowest BCUT2D eigenvalue weighted by atomic mass is 9.87. The maximum Gasteiger partial charge on any atom is 0.326 e. The van der Waals surface area contributed by atoms with E-state index in [-0.39, 0.29) is 26.4 Å². The van der Waals surface area contributed by atoms with Gasteiger partial charge in [0.15, 0.2) is 0 Å². The maximum atomic E-state index is 12.8. The summed E-state index contributed by atoms with van der Waals surface area (Å²) in [6.07, 6.45) is 0. The molecule has 0 atom stereocenters. The Morgan fingerprint density at radius 3 is 1.05 bits per heavy atom. The van der Waals surface area contributed by atoms with Crippen molar-refractivity contribution in [1.82, 2.24) is 19.6 Å². The Balaban J connectivity index is 1.73. The fourth-order valence-electron chi connectivity index (χ4n) is 4.64. The van der Waals surface area contributed by atoms with Crippen LogP contribution in [0.3, 0.4) is 0 Å². The number of likely N-dealkylation sites (N-methyl/N-ethyl adjacent to an activating group) is 2. The van der Waals surface area contributed by atoms with E-state index >= 15 is 0 Å². The summed E-state index contributed by atoms with van der Waals surface area (Å²) in [5.41, 5.74) is -3.91. The molecule has 0 aromatic heterocycles. The Morgan fingerprint density at radius 2 is 0.795 bits per heavy atom. The lowest BCUT2D eigenvalue weighted by molar-refractivity contribution is -0.176. The quantitative estimate of drug-likeness (QED) is 0.201. The number of hydrogen-bond acceptors (Lipinski definition) is 11. The predicted octanol–water partition coefficient (Wildman–Crippen LogP) is -0.195. The molecule has 2 heterocycles. The maximum absolute atomic E-state index is 12.8. The highest BCUT2D eigenvalue weighted by molar-refractivity contribution is 6.08. The number of hydrogen-bond donors (Lipinski definition) is 0. The van der Waals surface area contributed by atoms with Crippen molar-refractivity contribution in [3.8, 4) is 0 Å². The summed E-state index contributed by atoms with van der Waals surface area (Å²) in [4.78, 5) is 80.8. The van der Waals surface area contributed by atoms with Crippen LogP contribution in [0, 0.1) is 0 Å². The fourth-order valence-corrected chi connectivity index (χ4v) is 4.64. The zero-order chi connectivity index (χ0) is 30.1. The van der Waals surface area contributed by atoms with Gasteiger partial charge in [0.25, 0.3) is 0 Å². The number of esters is 2. The smallest absolute Gasteiger partial charge is 0.326 e. The number of carbonyl (C=O) groups is 6. The Kier molecular flexibility index (Phi) is 9.36. The van der Waals surface area contributed by atoms with Gasteiger partial charge in [0.1, 0.15) is 26.3 Å². The first-order chi connectivity index (χ1) is 17.7. The van der Waals surface area contributed by atoms with Gasteiger partial charge in [0.2, 0.25) is 23.6 Å².